The first-order valence-corrected chi connectivity index (χ1v) is 3.97. The van der Waals surface area contributed by atoms with Crippen LogP contribution < -0.4 is 0 Å². The van der Waals surface area contributed by atoms with Crippen molar-refractivity contribution in [2.75, 3.05) is 0 Å². The number of nitrogens with zero attached hydrogens (tertiary/aromatic N) is 2. The zero-order chi connectivity index (χ0) is 10.3. The van der Waals surface area contributed by atoms with Crippen molar-refractivity contribution in [2.45, 2.75) is 6.18 Å². The molecule has 2 aromatic rings. The van der Waals surface area contributed by atoms with Crippen LogP contribution in [0.5, 0.6) is 0 Å². The summed E-state index contributed by atoms with van der Waals surface area (Å²) in [6.45, 7) is 0. The smallest absolute Gasteiger partial charge is 0.334 e. The van der Waals surface area contributed by atoms with E-state index in [4.69, 9.17) is 0 Å². The van der Waals surface area contributed by atoms with Gasteiger partial charge in [0.2, 0.25) is 0 Å². The Balaban J connectivity index is 2.66. The van der Waals surface area contributed by atoms with Gasteiger partial charge in [-0.1, -0.05) is 0 Å². The second kappa shape index (κ2) is 2.73. The number of alkyl halides is 3. The van der Waals surface area contributed by atoms with Crippen LogP contribution in [0.3, 0.4) is 0 Å². The van der Waals surface area contributed by atoms with Gasteiger partial charge in [0, 0.05) is 7.05 Å². The molecule has 0 atom stereocenters. The molecule has 1 heterocycles. The monoisotopic (exact) mass is 200 g/mol. The highest BCUT2D eigenvalue weighted by molar-refractivity contribution is 5.76. The van der Waals surface area contributed by atoms with Crippen LogP contribution in [-0.2, 0) is 13.2 Å². The summed E-state index contributed by atoms with van der Waals surface area (Å²) in [4.78, 5) is 3.94. The predicted octanol–water partition coefficient (Wildman–Crippen LogP) is 2.59. The van der Waals surface area contributed by atoms with Crippen molar-refractivity contribution < 1.29 is 13.2 Å². The largest absolute Gasteiger partial charge is 0.416 e. The maximum Gasteiger partial charge on any atom is 0.416 e. The van der Waals surface area contributed by atoms with Crippen molar-refractivity contribution in [2.24, 2.45) is 7.05 Å². The molecule has 0 aliphatic rings. The van der Waals surface area contributed by atoms with E-state index in [0.717, 1.165) is 12.1 Å². The molecule has 0 N–H and O–H groups in total. The van der Waals surface area contributed by atoms with E-state index in [-0.39, 0.29) is 0 Å². The quantitative estimate of drug-likeness (QED) is 0.639. The van der Waals surface area contributed by atoms with E-state index in [2.05, 4.69) is 4.98 Å². The van der Waals surface area contributed by atoms with Gasteiger partial charge in [-0.15, -0.1) is 0 Å². The van der Waals surface area contributed by atoms with Gasteiger partial charge in [-0.05, 0) is 18.2 Å². The van der Waals surface area contributed by atoms with Crippen LogP contribution in [0.4, 0.5) is 13.2 Å². The van der Waals surface area contributed by atoms with E-state index in [0.29, 0.717) is 11.0 Å². The average Bonchev–Trinajstić information content (AvgIpc) is 2.46. The standard InChI is InChI=1S/C9H7F3N2/c1-14-5-13-7-3-2-6(4-8(7)14)9(10,11)12/h2-5H,1H3. The minimum Gasteiger partial charge on any atom is -0.334 e. The Hall–Kier alpha value is -1.52. The minimum atomic E-state index is -4.29. The van der Waals surface area contributed by atoms with Gasteiger partial charge in [-0.2, -0.15) is 13.2 Å². The predicted molar refractivity (Wildman–Crippen MR) is 45.7 cm³/mol. The van der Waals surface area contributed by atoms with Gasteiger partial charge < -0.3 is 4.57 Å². The highest BCUT2D eigenvalue weighted by Gasteiger charge is 2.30. The highest BCUT2D eigenvalue weighted by atomic mass is 19.4. The summed E-state index contributed by atoms with van der Waals surface area (Å²) in [5.74, 6) is 0. The van der Waals surface area contributed by atoms with E-state index < -0.39 is 11.7 Å². The molecular weight excluding hydrogens is 193 g/mol. The Morgan fingerprint density at radius 1 is 1.29 bits per heavy atom. The second-order valence-electron chi connectivity index (χ2n) is 3.06. The lowest BCUT2D eigenvalue weighted by Gasteiger charge is -2.06. The van der Waals surface area contributed by atoms with Crippen molar-refractivity contribution in [1.82, 2.24) is 9.55 Å². The number of hydrogen-bond acceptors (Lipinski definition) is 1. The molecular formula is C9H7F3N2. The molecule has 5 heteroatoms. The zero-order valence-corrected chi connectivity index (χ0v) is 7.34. The van der Waals surface area contributed by atoms with Crippen LogP contribution >= 0.6 is 0 Å². The van der Waals surface area contributed by atoms with Crippen molar-refractivity contribution in [1.29, 1.82) is 0 Å². The van der Waals surface area contributed by atoms with E-state index >= 15 is 0 Å². The lowest BCUT2D eigenvalue weighted by Crippen LogP contribution is -2.04. The van der Waals surface area contributed by atoms with E-state index in [1.807, 2.05) is 0 Å². The number of hydrogen-bond donors (Lipinski definition) is 0. The lowest BCUT2D eigenvalue weighted by atomic mass is 10.2. The molecule has 2 rings (SSSR count). The van der Waals surface area contributed by atoms with E-state index in [9.17, 15) is 13.2 Å². The number of aromatic nitrogens is 2. The Labute approximate surface area is 78.0 Å². The molecule has 1 aromatic carbocycles. The third kappa shape index (κ3) is 1.34. The minimum absolute atomic E-state index is 0.486. The third-order valence-electron chi connectivity index (χ3n) is 2.05. The number of imidazole rings is 1. The molecule has 2 nitrogen and oxygen atoms in total. The molecule has 0 bridgehead atoms. The maximum atomic E-state index is 12.3. The Bertz CT molecular complexity index is 470. The highest BCUT2D eigenvalue weighted by Crippen LogP contribution is 2.30. The van der Waals surface area contributed by atoms with Crippen LogP contribution in [0.1, 0.15) is 5.56 Å². The molecule has 1 aromatic heterocycles. The first-order valence-electron chi connectivity index (χ1n) is 3.97. The van der Waals surface area contributed by atoms with Crippen LogP contribution in [-0.4, -0.2) is 9.55 Å². The van der Waals surface area contributed by atoms with Gasteiger partial charge in [0.05, 0.1) is 22.9 Å². The van der Waals surface area contributed by atoms with Crippen LogP contribution in [0.25, 0.3) is 11.0 Å². The molecule has 0 aliphatic carbocycles. The van der Waals surface area contributed by atoms with Crippen LogP contribution in [0.15, 0.2) is 24.5 Å². The summed E-state index contributed by atoms with van der Waals surface area (Å²) in [6.07, 6.45) is -2.80. The van der Waals surface area contributed by atoms with E-state index in [1.165, 1.54) is 12.4 Å². The van der Waals surface area contributed by atoms with Crippen molar-refractivity contribution in [3.8, 4) is 0 Å². The number of rotatable bonds is 0. The fourth-order valence-corrected chi connectivity index (χ4v) is 1.30. The molecule has 74 valence electrons. The number of benzene rings is 1. The van der Waals surface area contributed by atoms with Gasteiger partial charge in [0.25, 0.3) is 0 Å². The molecule has 0 saturated heterocycles. The average molecular weight is 200 g/mol. The number of fused-ring (bicyclic) bond motifs is 1. The normalized spacial score (nSPS) is 12.3. The van der Waals surface area contributed by atoms with Crippen molar-refractivity contribution in [3.05, 3.63) is 30.1 Å². The second-order valence-corrected chi connectivity index (χ2v) is 3.06. The maximum absolute atomic E-state index is 12.3. The summed E-state index contributed by atoms with van der Waals surface area (Å²) in [6, 6.07) is 3.51. The molecule has 0 amide bonds. The SMILES string of the molecule is Cn1cnc2ccc(C(F)(F)F)cc21. The Morgan fingerprint density at radius 2 is 2.00 bits per heavy atom. The molecule has 0 saturated carbocycles. The molecule has 0 fully saturated rings. The van der Waals surface area contributed by atoms with Crippen LogP contribution in [0.2, 0.25) is 0 Å². The van der Waals surface area contributed by atoms with Gasteiger partial charge in [0.15, 0.2) is 0 Å². The van der Waals surface area contributed by atoms with Crippen LogP contribution in [0, 0.1) is 0 Å². The first-order chi connectivity index (χ1) is 6.48. The zero-order valence-electron chi connectivity index (χ0n) is 7.34. The lowest BCUT2D eigenvalue weighted by molar-refractivity contribution is -0.137. The summed E-state index contributed by atoms with van der Waals surface area (Å²) in [5.41, 5.74) is 0.411. The topological polar surface area (TPSA) is 17.8 Å². The summed E-state index contributed by atoms with van der Waals surface area (Å²) >= 11 is 0. The molecule has 0 radical (unpaired) electrons. The molecule has 0 spiro atoms. The number of halogens is 3. The van der Waals surface area contributed by atoms with E-state index in [1.54, 1.807) is 11.6 Å². The van der Waals surface area contributed by atoms with Gasteiger partial charge in [-0.25, -0.2) is 4.98 Å². The van der Waals surface area contributed by atoms with Crippen molar-refractivity contribution in [3.63, 3.8) is 0 Å². The summed E-state index contributed by atoms with van der Waals surface area (Å²) < 4.78 is 38.5. The van der Waals surface area contributed by atoms with Gasteiger partial charge in [0.1, 0.15) is 0 Å². The van der Waals surface area contributed by atoms with Gasteiger partial charge >= 0.3 is 6.18 Å². The molecule has 0 aliphatic heterocycles. The molecule has 0 unspecified atom stereocenters. The first kappa shape index (κ1) is 9.05. The van der Waals surface area contributed by atoms with Crippen molar-refractivity contribution >= 4 is 11.0 Å². The Morgan fingerprint density at radius 3 is 2.64 bits per heavy atom. The number of aryl methyl sites for hydroxylation is 1. The fourth-order valence-electron chi connectivity index (χ4n) is 1.30. The third-order valence-corrected chi connectivity index (χ3v) is 2.05. The molecule has 14 heavy (non-hydrogen) atoms. The fraction of sp³-hybridized carbons (Fsp3) is 0.222. The summed E-state index contributed by atoms with van der Waals surface area (Å²) in [5, 5.41) is 0. The van der Waals surface area contributed by atoms with Gasteiger partial charge in [-0.3, -0.25) is 0 Å². The summed E-state index contributed by atoms with van der Waals surface area (Å²) in [7, 11) is 1.66. The Kier molecular flexibility index (Phi) is 1.77.